The molecule has 116 valence electrons. The number of rotatable bonds is 2. The third-order valence-corrected chi connectivity index (χ3v) is 3.91. The van der Waals surface area contributed by atoms with E-state index in [0.29, 0.717) is 18.8 Å². The normalized spacial score (nSPS) is 19.0. The first-order chi connectivity index (χ1) is 10.6. The molecule has 1 aliphatic rings. The number of amides is 1. The number of benzene rings is 1. The van der Waals surface area contributed by atoms with Crippen LogP contribution < -0.4 is 0 Å². The van der Waals surface area contributed by atoms with Gasteiger partial charge in [0, 0.05) is 26.7 Å². The molecule has 0 saturated carbocycles. The number of aryl methyl sites for hydroxylation is 1. The first-order valence-electron chi connectivity index (χ1n) is 7.65. The first kappa shape index (κ1) is 14.8. The summed E-state index contributed by atoms with van der Waals surface area (Å²) >= 11 is 0. The molecule has 1 unspecified atom stereocenters. The SMILES string of the molecule is CC1CN(C(=O)c2cc(-c3ccccc3)n(C)n2)CCCO1. The fourth-order valence-corrected chi connectivity index (χ4v) is 2.79. The quantitative estimate of drug-likeness (QED) is 0.855. The zero-order valence-electron chi connectivity index (χ0n) is 13.0. The largest absolute Gasteiger partial charge is 0.377 e. The number of carbonyl (C=O) groups is 1. The Labute approximate surface area is 130 Å². The summed E-state index contributed by atoms with van der Waals surface area (Å²) in [5.74, 6) is -0.0184. The summed E-state index contributed by atoms with van der Waals surface area (Å²) in [6.45, 7) is 4.05. The Hall–Kier alpha value is -2.14. The molecular weight excluding hydrogens is 278 g/mol. The molecule has 2 aromatic rings. The van der Waals surface area contributed by atoms with Gasteiger partial charge in [0.15, 0.2) is 5.69 Å². The van der Waals surface area contributed by atoms with Crippen LogP contribution in [0.15, 0.2) is 36.4 Å². The molecule has 5 nitrogen and oxygen atoms in total. The highest BCUT2D eigenvalue weighted by molar-refractivity contribution is 5.93. The molecule has 1 amide bonds. The molecule has 0 spiro atoms. The Kier molecular flexibility index (Phi) is 4.24. The molecule has 0 radical (unpaired) electrons. The predicted octanol–water partition coefficient (Wildman–Crippen LogP) is 2.34. The van der Waals surface area contributed by atoms with Gasteiger partial charge in [0.05, 0.1) is 11.8 Å². The smallest absolute Gasteiger partial charge is 0.274 e. The maximum atomic E-state index is 12.7. The minimum absolute atomic E-state index is 0.0184. The van der Waals surface area contributed by atoms with Crippen molar-refractivity contribution < 1.29 is 9.53 Å². The molecule has 2 heterocycles. The van der Waals surface area contributed by atoms with Gasteiger partial charge in [0.2, 0.25) is 0 Å². The fourth-order valence-electron chi connectivity index (χ4n) is 2.79. The van der Waals surface area contributed by atoms with Crippen LogP contribution >= 0.6 is 0 Å². The standard InChI is InChI=1S/C17H21N3O2/c1-13-12-20(9-6-10-22-13)17(21)15-11-16(19(2)18-15)14-7-4-3-5-8-14/h3-5,7-8,11,13H,6,9-10,12H2,1-2H3. The molecule has 1 saturated heterocycles. The summed E-state index contributed by atoms with van der Waals surface area (Å²) < 4.78 is 7.36. The summed E-state index contributed by atoms with van der Waals surface area (Å²) in [4.78, 5) is 14.5. The molecular formula is C17H21N3O2. The number of hydrogen-bond acceptors (Lipinski definition) is 3. The lowest BCUT2D eigenvalue weighted by Gasteiger charge is -2.20. The van der Waals surface area contributed by atoms with E-state index in [1.807, 2.05) is 55.3 Å². The summed E-state index contributed by atoms with van der Waals surface area (Å²) in [5.41, 5.74) is 2.50. The molecule has 3 rings (SSSR count). The molecule has 0 bridgehead atoms. The number of aromatic nitrogens is 2. The molecule has 1 aromatic heterocycles. The molecule has 0 aliphatic carbocycles. The number of ether oxygens (including phenoxy) is 1. The lowest BCUT2D eigenvalue weighted by molar-refractivity contribution is 0.0559. The molecule has 0 N–H and O–H groups in total. The lowest BCUT2D eigenvalue weighted by Crippen LogP contribution is -2.36. The van der Waals surface area contributed by atoms with Crippen LogP contribution in [0.2, 0.25) is 0 Å². The minimum Gasteiger partial charge on any atom is -0.377 e. The average molecular weight is 299 g/mol. The Morgan fingerprint density at radius 3 is 2.86 bits per heavy atom. The van der Waals surface area contributed by atoms with Gasteiger partial charge in [-0.2, -0.15) is 5.10 Å². The third-order valence-electron chi connectivity index (χ3n) is 3.91. The van der Waals surface area contributed by atoms with Crippen LogP contribution in [0.1, 0.15) is 23.8 Å². The molecule has 1 aromatic carbocycles. The average Bonchev–Trinajstić information content (AvgIpc) is 2.78. The summed E-state index contributed by atoms with van der Waals surface area (Å²) in [6.07, 6.45) is 0.942. The van der Waals surface area contributed by atoms with Gasteiger partial charge < -0.3 is 9.64 Å². The maximum Gasteiger partial charge on any atom is 0.274 e. The van der Waals surface area contributed by atoms with E-state index in [0.717, 1.165) is 24.2 Å². The molecule has 1 atom stereocenters. The van der Waals surface area contributed by atoms with Gasteiger partial charge in [-0.05, 0) is 25.0 Å². The van der Waals surface area contributed by atoms with Crippen LogP contribution in [-0.2, 0) is 11.8 Å². The molecule has 5 heteroatoms. The number of hydrogen-bond donors (Lipinski definition) is 0. The van der Waals surface area contributed by atoms with Gasteiger partial charge in [-0.25, -0.2) is 0 Å². The summed E-state index contributed by atoms with van der Waals surface area (Å²) in [5, 5.41) is 4.40. The van der Waals surface area contributed by atoms with Crippen LogP contribution in [0.25, 0.3) is 11.3 Å². The van der Waals surface area contributed by atoms with Crippen molar-refractivity contribution in [1.82, 2.24) is 14.7 Å². The van der Waals surface area contributed by atoms with E-state index in [9.17, 15) is 4.79 Å². The van der Waals surface area contributed by atoms with E-state index in [-0.39, 0.29) is 12.0 Å². The van der Waals surface area contributed by atoms with Crippen LogP contribution in [0.5, 0.6) is 0 Å². The van der Waals surface area contributed by atoms with Gasteiger partial charge in [0.1, 0.15) is 0 Å². The van der Waals surface area contributed by atoms with Gasteiger partial charge >= 0.3 is 0 Å². The van der Waals surface area contributed by atoms with Crippen LogP contribution in [0, 0.1) is 0 Å². The Bertz CT molecular complexity index is 651. The predicted molar refractivity (Wildman–Crippen MR) is 84.6 cm³/mol. The van der Waals surface area contributed by atoms with Crippen molar-refractivity contribution in [2.45, 2.75) is 19.4 Å². The van der Waals surface area contributed by atoms with Crippen LogP contribution in [0.3, 0.4) is 0 Å². The van der Waals surface area contributed by atoms with Gasteiger partial charge in [0.25, 0.3) is 5.91 Å². The van der Waals surface area contributed by atoms with E-state index >= 15 is 0 Å². The van der Waals surface area contributed by atoms with Gasteiger partial charge in [-0.3, -0.25) is 9.48 Å². The highest BCUT2D eigenvalue weighted by Crippen LogP contribution is 2.20. The molecule has 1 fully saturated rings. The van der Waals surface area contributed by atoms with Crippen molar-refractivity contribution in [3.63, 3.8) is 0 Å². The first-order valence-corrected chi connectivity index (χ1v) is 7.65. The van der Waals surface area contributed by atoms with E-state index in [1.54, 1.807) is 4.68 Å². The zero-order valence-corrected chi connectivity index (χ0v) is 13.0. The van der Waals surface area contributed by atoms with Crippen LogP contribution in [-0.4, -0.2) is 46.4 Å². The van der Waals surface area contributed by atoms with Gasteiger partial charge in [-0.15, -0.1) is 0 Å². The van der Waals surface area contributed by atoms with Crippen molar-refractivity contribution in [1.29, 1.82) is 0 Å². The Morgan fingerprint density at radius 1 is 1.32 bits per heavy atom. The van der Waals surface area contributed by atoms with Crippen molar-refractivity contribution >= 4 is 5.91 Å². The van der Waals surface area contributed by atoms with Crippen molar-refractivity contribution in [2.75, 3.05) is 19.7 Å². The number of carbonyl (C=O) groups excluding carboxylic acids is 1. The topological polar surface area (TPSA) is 47.4 Å². The Balaban J connectivity index is 1.84. The zero-order chi connectivity index (χ0) is 15.5. The van der Waals surface area contributed by atoms with Crippen molar-refractivity contribution in [3.05, 3.63) is 42.1 Å². The second kappa shape index (κ2) is 6.32. The second-order valence-electron chi connectivity index (χ2n) is 5.69. The van der Waals surface area contributed by atoms with E-state index in [1.165, 1.54) is 0 Å². The van der Waals surface area contributed by atoms with E-state index in [4.69, 9.17) is 4.74 Å². The van der Waals surface area contributed by atoms with Crippen molar-refractivity contribution in [3.8, 4) is 11.3 Å². The monoisotopic (exact) mass is 299 g/mol. The second-order valence-corrected chi connectivity index (χ2v) is 5.69. The highest BCUT2D eigenvalue weighted by atomic mass is 16.5. The molecule has 1 aliphatic heterocycles. The maximum absolute atomic E-state index is 12.7. The lowest BCUT2D eigenvalue weighted by atomic mass is 10.1. The summed E-state index contributed by atoms with van der Waals surface area (Å²) in [6, 6.07) is 11.9. The van der Waals surface area contributed by atoms with Gasteiger partial charge in [-0.1, -0.05) is 30.3 Å². The number of nitrogens with zero attached hydrogens (tertiary/aromatic N) is 3. The van der Waals surface area contributed by atoms with Crippen LogP contribution in [0.4, 0.5) is 0 Å². The highest BCUT2D eigenvalue weighted by Gasteiger charge is 2.23. The minimum atomic E-state index is -0.0184. The van der Waals surface area contributed by atoms with E-state index < -0.39 is 0 Å². The Morgan fingerprint density at radius 2 is 2.09 bits per heavy atom. The molecule has 22 heavy (non-hydrogen) atoms. The van der Waals surface area contributed by atoms with Crippen molar-refractivity contribution in [2.24, 2.45) is 7.05 Å². The third kappa shape index (κ3) is 3.04. The van der Waals surface area contributed by atoms with E-state index in [2.05, 4.69) is 5.10 Å². The fraction of sp³-hybridized carbons (Fsp3) is 0.412. The summed E-state index contributed by atoms with van der Waals surface area (Å²) in [7, 11) is 1.87.